The highest BCUT2D eigenvalue weighted by Crippen LogP contribution is 2.38. The van der Waals surface area contributed by atoms with Crippen molar-refractivity contribution >= 4 is 5.82 Å². The lowest BCUT2D eigenvalue weighted by atomic mass is 9.86. The molecule has 1 saturated heterocycles. The van der Waals surface area contributed by atoms with Crippen molar-refractivity contribution in [3.63, 3.8) is 0 Å². The van der Waals surface area contributed by atoms with Crippen LogP contribution in [0.4, 0.5) is 5.82 Å². The monoisotopic (exact) mass is 341 g/mol. The average Bonchev–Trinajstić information content (AvgIpc) is 3.09. The number of benzene rings is 1. The zero-order valence-electron chi connectivity index (χ0n) is 14.6. The molecule has 2 aliphatic rings. The third kappa shape index (κ3) is 3.02. The second-order valence-electron chi connectivity index (χ2n) is 6.98. The van der Waals surface area contributed by atoms with E-state index in [0.29, 0.717) is 12.5 Å². The van der Waals surface area contributed by atoms with Gasteiger partial charge in [0.2, 0.25) is 6.79 Å². The van der Waals surface area contributed by atoms with Gasteiger partial charge in [0.05, 0.1) is 6.10 Å². The predicted octanol–water partition coefficient (Wildman–Crippen LogP) is 2.68. The number of hydrogen-bond acceptors (Lipinski definition) is 6. The van der Waals surface area contributed by atoms with E-state index in [1.54, 1.807) is 6.33 Å². The van der Waals surface area contributed by atoms with E-state index in [4.69, 9.17) is 9.47 Å². The summed E-state index contributed by atoms with van der Waals surface area (Å²) in [5, 5.41) is 10.8. The molecule has 6 nitrogen and oxygen atoms in total. The summed E-state index contributed by atoms with van der Waals surface area (Å²) in [5.41, 5.74) is 2.22. The molecule has 0 amide bonds. The molecule has 0 aliphatic carbocycles. The van der Waals surface area contributed by atoms with Crippen molar-refractivity contribution in [1.82, 2.24) is 9.97 Å². The summed E-state index contributed by atoms with van der Waals surface area (Å²) in [5.74, 6) is 2.92. The summed E-state index contributed by atoms with van der Waals surface area (Å²) in [6.45, 7) is 5.96. The first-order valence-electron chi connectivity index (χ1n) is 8.76. The molecular weight excluding hydrogens is 318 g/mol. The van der Waals surface area contributed by atoms with Gasteiger partial charge in [0.15, 0.2) is 11.5 Å². The summed E-state index contributed by atoms with van der Waals surface area (Å²) >= 11 is 0. The zero-order valence-corrected chi connectivity index (χ0v) is 14.6. The smallest absolute Gasteiger partial charge is 0.231 e. The lowest BCUT2D eigenvalue weighted by Gasteiger charge is -2.37. The van der Waals surface area contributed by atoms with Crippen LogP contribution in [0.5, 0.6) is 11.5 Å². The van der Waals surface area contributed by atoms with Crippen molar-refractivity contribution < 1.29 is 14.6 Å². The van der Waals surface area contributed by atoms with E-state index in [0.717, 1.165) is 41.4 Å². The van der Waals surface area contributed by atoms with Crippen LogP contribution < -0.4 is 14.4 Å². The zero-order chi connectivity index (χ0) is 17.4. The molecule has 0 unspecified atom stereocenters. The van der Waals surface area contributed by atoms with Gasteiger partial charge in [-0.2, -0.15) is 0 Å². The Morgan fingerprint density at radius 2 is 2.08 bits per heavy atom. The number of aromatic nitrogens is 2. The van der Waals surface area contributed by atoms with Gasteiger partial charge >= 0.3 is 0 Å². The van der Waals surface area contributed by atoms with Crippen molar-refractivity contribution in [3.8, 4) is 11.5 Å². The standard InChI is InChI=1S/C19H23N3O3/c1-12(2)15-8-20-10-21-19(15)22-6-5-14(16(23)9-22)13-3-4-17-18(7-13)25-11-24-17/h3-4,7-8,10,12,14,16,23H,5-6,9,11H2,1-2H3/t14-,16+/m1/s1. The van der Waals surface area contributed by atoms with Gasteiger partial charge in [-0.15, -0.1) is 0 Å². The summed E-state index contributed by atoms with van der Waals surface area (Å²) < 4.78 is 10.8. The predicted molar refractivity (Wildman–Crippen MR) is 94.3 cm³/mol. The topological polar surface area (TPSA) is 67.7 Å². The first kappa shape index (κ1) is 16.1. The molecule has 3 heterocycles. The van der Waals surface area contributed by atoms with Gasteiger partial charge < -0.3 is 19.5 Å². The number of aliphatic hydroxyl groups is 1. The number of ether oxygens (including phenoxy) is 2. The summed E-state index contributed by atoms with van der Waals surface area (Å²) in [7, 11) is 0. The van der Waals surface area contributed by atoms with E-state index in [-0.39, 0.29) is 12.7 Å². The first-order valence-corrected chi connectivity index (χ1v) is 8.76. The second-order valence-corrected chi connectivity index (χ2v) is 6.98. The van der Waals surface area contributed by atoms with Gasteiger partial charge in [0.25, 0.3) is 0 Å². The third-order valence-corrected chi connectivity index (χ3v) is 5.05. The molecule has 4 rings (SSSR count). The molecule has 1 N–H and O–H groups in total. The van der Waals surface area contributed by atoms with Gasteiger partial charge in [-0.05, 0) is 30.0 Å². The Hall–Kier alpha value is -2.34. The Bertz CT molecular complexity index is 765. The number of anilines is 1. The van der Waals surface area contributed by atoms with Crippen molar-refractivity contribution in [2.75, 3.05) is 24.8 Å². The average molecular weight is 341 g/mol. The first-order chi connectivity index (χ1) is 12.1. The van der Waals surface area contributed by atoms with Crippen LogP contribution in [0, 0.1) is 0 Å². The lowest BCUT2D eigenvalue weighted by molar-refractivity contribution is 0.129. The minimum Gasteiger partial charge on any atom is -0.454 e. The van der Waals surface area contributed by atoms with Gasteiger partial charge in [0.1, 0.15) is 12.1 Å². The van der Waals surface area contributed by atoms with Gasteiger partial charge in [-0.1, -0.05) is 19.9 Å². The molecule has 25 heavy (non-hydrogen) atoms. The SMILES string of the molecule is CC(C)c1cncnc1N1CC[C@H](c2ccc3c(c2)OCO3)[C@@H](O)C1. The van der Waals surface area contributed by atoms with E-state index < -0.39 is 6.10 Å². The van der Waals surface area contributed by atoms with Crippen LogP contribution in [0.3, 0.4) is 0 Å². The van der Waals surface area contributed by atoms with Crippen LogP contribution in [-0.4, -0.2) is 41.1 Å². The van der Waals surface area contributed by atoms with E-state index in [1.165, 1.54) is 0 Å². The Balaban J connectivity index is 1.53. The molecule has 2 aromatic rings. The molecular formula is C19H23N3O3. The molecule has 2 atom stereocenters. The molecule has 0 radical (unpaired) electrons. The maximum Gasteiger partial charge on any atom is 0.231 e. The molecule has 0 saturated carbocycles. The highest BCUT2D eigenvalue weighted by molar-refractivity contribution is 5.49. The van der Waals surface area contributed by atoms with E-state index in [1.807, 2.05) is 24.4 Å². The molecule has 1 fully saturated rings. The number of fused-ring (bicyclic) bond motifs is 1. The number of aliphatic hydroxyl groups excluding tert-OH is 1. The van der Waals surface area contributed by atoms with E-state index in [9.17, 15) is 5.11 Å². The number of β-amino-alcohol motifs (C(OH)–C–C–N with tert-alkyl or cyclic N) is 1. The second kappa shape index (κ2) is 6.52. The van der Waals surface area contributed by atoms with Crippen molar-refractivity contribution in [2.45, 2.75) is 38.2 Å². The molecule has 6 heteroatoms. The quantitative estimate of drug-likeness (QED) is 0.926. The van der Waals surface area contributed by atoms with Gasteiger partial charge in [-0.3, -0.25) is 0 Å². The van der Waals surface area contributed by atoms with Crippen LogP contribution in [0.2, 0.25) is 0 Å². The van der Waals surface area contributed by atoms with Crippen LogP contribution in [0.15, 0.2) is 30.7 Å². The normalized spacial score (nSPS) is 22.5. The van der Waals surface area contributed by atoms with Gasteiger partial charge in [0, 0.05) is 30.8 Å². The summed E-state index contributed by atoms with van der Waals surface area (Å²) in [6, 6.07) is 5.95. The number of piperidine rings is 1. The Kier molecular flexibility index (Phi) is 4.21. The Labute approximate surface area is 147 Å². The molecule has 1 aromatic carbocycles. The lowest BCUT2D eigenvalue weighted by Crippen LogP contribution is -2.43. The number of hydrogen-bond donors (Lipinski definition) is 1. The fourth-order valence-electron chi connectivity index (χ4n) is 3.66. The molecule has 2 aliphatic heterocycles. The highest BCUT2D eigenvalue weighted by atomic mass is 16.7. The van der Waals surface area contributed by atoms with E-state index in [2.05, 4.69) is 28.7 Å². The number of nitrogens with zero attached hydrogens (tertiary/aromatic N) is 3. The Morgan fingerprint density at radius 1 is 1.24 bits per heavy atom. The maximum absolute atomic E-state index is 10.8. The highest BCUT2D eigenvalue weighted by Gasteiger charge is 2.31. The fourth-order valence-corrected chi connectivity index (χ4v) is 3.66. The van der Waals surface area contributed by atoms with Crippen molar-refractivity contribution in [2.24, 2.45) is 0 Å². The maximum atomic E-state index is 10.8. The van der Waals surface area contributed by atoms with Gasteiger partial charge in [-0.25, -0.2) is 9.97 Å². The van der Waals surface area contributed by atoms with Crippen molar-refractivity contribution in [3.05, 3.63) is 41.9 Å². The molecule has 132 valence electrons. The van der Waals surface area contributed by atoms with Crippen LogP contribution in [-0.2, 0) is 0 Å². The summed E-state index contributed by atoms with van der Waals surface area (Å²) in [4.78, 5) is 10.8. The van der Waals surface area contributed by atoms with Crippen LogP contribution >= 0.6 is 0 Å². The Morgan fingerprint density at radius 3 is 2.88 bits per heavy atom. The fraction of sp³-hybridized carbons (Fsp3) is 0.474. The number of rotatable bonds is 3. The molecule has 1 aromatic heterocycles. The third-order valence-electron chi connectivity index (χ3n) is 5.05. The minimum absolute atomic E-state index is 0.0927. The minimum atomic E-state index is -0.455. The largest absolute Gasteiger partial charge is 0.454 e. The molecule has 0 spiro atoms. The molecule has 0 bridgehead atoms. The van der Waals surface area contributed by atoms with Crippen molar-refractivity contribution in [1.29, 1.82) is 0 Å². The van der Waals surface area contributed by atoms with Crippen LogP contribution in [0.25, 0.3) is 0 Å². The summed E-state index contributed by atoms with van der Waals surface area (Å²) in [6.07, 6.45) is 3.87. The van der Waals surface area contributed by atoms with E-state index >= 15 is 0 Å². The van der Waals surface area contributed by atoms with Crippen LogP contribution in [0.1, 0.15) is 43.2 Å².